The number of thioether (sulfide) groups is 1. The van der Waals surface area contributed by atoms with Gasteiger partial charge in [0.1, 0.15) is 11.0 Å². The van der Waals surface area contributed by atoms with Crippen LogP contribution in [0.4, 0.5) is 5.69 Å². The molecule has 3 atom stereocenters. The lowest BCUT2D eigenvalue weighted by Gasteiger charge is -2.29. The molecule has 152 valence electrons. The summed E-state index contributed by atoms with van der Waals surface area (Å²) in [4.78, 5) is 43.7. The molecule has 2 aliphatic rings. The molecule has 2 aromatic carbocycles. The van der Waals surface area contributed by atoms with Gasteiger partial charge >= 0.3 is 4.87 Å². The zero-order valence-electron chi connectivity index (χ0n) is 16.0. The first kappa shape index (κ1) is 19.1. The number of carbonyl (C=O) groups excluding carboxylic acids is 2. The molecule has 0 unspecified atom stereocenters. The van der Waals surface area contributed by atoms with Crippen molar-refractivity contribution in [2.24, 2.45) is 5.92 Å². The Labute approximate surface area is 180 Å². The predicted molar refractivity (Wildman–Crippen MR) is 116 cm³/mol. The number of anilines is 1. The summed E-state index contributed by atoms with van der Waals surface area (Å²) in [5, 5.41) is 0.113. The van der Waals surface area contributed by atoms with Crippen LogP contribution in [0.5, 0.6) is 5.75 Å². The van der Waals surface area contributed by atoms with Crippen molar-refractivity contribution in [3.8, 4) is 5.75 Å². The number of nitrogens with zero attached hydrogens (tertiary/aromatic N) is 1. The summed E-state index contributed by atoms with van der Waals surface area (Å²) in [6, 6.07) is 16.6. The molecule has 0 saturated carbocycles. The van der Waals surface area contributed by atoms with Gasteiger partial charge in [-0.15, -0.1) is 0 Å². The number of nitrogens with one attached hydrogen (secondary N) is 1. The summed E-state index contributed by atoms with van der Waals surface area (Å²) >= 11 is 2.41. The monoisotopic (exact) mass is 438 g/mol. The fourth-order valence-electron chi connectivity index (χ4n) is 4.15. The number of rotatable bonds is 4. The van der Waals surface area contributed by atoms with Crippen LogP contribution in [0.1, 0.15) is 23.3 Å². The van der Waals surface area contributed by atoms with Gasteiger partial charge in [-0.1, -0.05) is 53.4 Å². The molecule has 30 heavy (non-hydrogen) atoms. The van der Waals surface area contributed by atoms with E-state index in [1.807, 2.05) is 37.3 Å². The maximum atomic E-state index is 13.5. The minimum absolute atomic E-state index is 0.170. The second-order valence-corrected chi connectivity index (χ2v) is 9.27. The minimum Gasteiger partial charge on any atom is -0.494 e. The van der Waals surface area contributed by atoms with Crippen molar-refractivity contribution in [1.29, 1.82) is 0 Å². The van der Waals surface area contributed by atoms with Crippen LogP contribution in [-0.4, -0.2) is 28.7 Å². The number of imide groups is 1. The molecule has 1 aromatic heterocycles. The number of aromatic nitrogens is 1. The molecule has 5 rings (SSSR count). The molecule has 3 aromatic rings. The topological polar surface area (TPSA) is 79.5 Å². The van der Waals surface area contributed by atoms with Gasteiger partial charge in [-0.3, -0.25) is 14.4 Å². The number of benzene rings is 2. The number of H-pyrrole nitrogens is 1. The van der Waals surface area contributed by atoms with Crippen LogP contribution < -0.4 is 14.5 Å². The summed E-state index contributed by atoms with van der Waals surface area (Å²) in [6.07, 6.45) is 0. The molecular weight excluding hydrogens is 420 g/mol. The van der Waals surface area contributed by atoms with Crippen LogP contribution in [0.15, 0.2) is 64.4 Å². The molecule has 8 heteroatoms. The van der Waals surface area contributed by atoms with Gasteiger partial charge < -0.3 is 9.72 Å². The Hall–Kier alpha value is -2.84. The van der Waals surface area contributed by atoms with E-state index in [9.17, 15) is 14.4 Å². The van der Waals surface area contributed by atoms with Gasteiger partial charge in [0.25, 0.3) is 0 Å². The van der Waals surface area contributed by atoms with Crippen LogP contribution in [0.3, 0.4) is 0 Å². The lowest BCUT2D eigenvalue weighted by molar-refractivity contribution is -0.122. The zero-order chi connectivity index (χ0) is 20.8. The first-order valence-electron chi connectivity index (χ1n) is 9.63. The Balaban J connectivity index is 1.58. The maximum absolute atomic E-state index is 13.5. The predicted octanol–water partition coefficient (Wildman–Crippen LogP) is 3.63. The first-order valence-corrected chi connectivity index (χ1v) is 11.3. The minimum atomic E-state index is -0.577. The molecule has 0 spiro atoms. The third kappa shape index (κ3) is 2.98. The van der Waals surface area contributed by atoms with Crippen molar-refractivity contribution < 1.29 is 14.3 Å². The van der Waals surface area contributed by atoms with Crippen molar-refractivity contribution in [2.45, 2.75) is 23.1 Å². The van der Waals surface area contributed by atoms with Gasteiger partial charge in [0.15, 0.2) is 0 Å². The van der Waals surface area contributed by atoms with Gasteiger partial charge in [-0.2, -0.15) is 0 Å². The lowest BCUT2D eigenvalue weighted by atomic mass is 9.83. The van der Waals surface area contributed by atoms with Crippen molar-refractivity contribution in [3.05, 3.63) is 74.7 Å². The van der Waals surface area contributed by atoms with E-state index < -0.39 is 11.2 Å². The van der Waals surface area contributed by atoms with E-state index >= 15 is 0 Å². The molecule has 2 amide bonds. The van der Waals surface area contributed by atoms with E-state index in [0.717, 1.165) is 21.8 Å². The number of carbonyl (C=O) groups is 2. The Bertz CT molecular complexity index is 1170. The number of fused-ring (bicyclic) bond motifs is 2. The van der Waals surface area contributed by atoms with Gasteiger partial charge in [-0.05, 0) is 36.8 Å². The second-order valence-electron chi connectivity index (χ2n) is 7.10. The Morgan fingerprint density at radius 3 is 2.43 bits per heavy atom. The summed E-state index contributed by atoms with van der Waals surface area (Å²) in [6.45, 7) is 2.44. The molecule has 1 N–H and O–H groups in total. The number of thiazole rings is 1. The van der Waals surface area contributed by atoms with Crippen molar-refractivity contribution in [3.63, 3.8) is 0 Å². The van der Waals surface area contributed by atoms with Crippen LogP contribution in [0.25, 0.3) is 0 Å². The van der Waals surface area contributed by atoms with Gasteiger partial charge in [-0.25, -0.2) is 4.90 Å². The average molecular weight is 439 g/mol. The summed E-state index contributed by atoms with van der Waals surface area (Å²) < 4.78 is 5.46. The maximum Gasteiger partial charge on any atom is 0.305 e. The highest BCUT2D eigenvalue weighted by atomic mass is 32.2. The smallest absolute Gasteiger partial charge is 0.305 e. The van der Waals surface area contributed by atoms with E-state index in [0.29, 0.717) is 23.1 Å². The number of amides is 2. The third-order valence-electron chi connectivity index (χ3n) is 5.39. The molecule has 0 aliphatic carbocycles. The largest absolute Gasteiger partial charge is 0.494 e. The van der Waals surface area contributed by atoms with E-state index in [-0.39, 0.29) is 22.6 Å². The van der Waals surface area contributed by atoms with Crippen molar-refractivity contribution in [2.75, 3.05) is 11.5 Å². The highest BCUT2D eigenvalue weighted by Crippen LogP contribution is 2.53. The highest BCUT2D eigenvalue weighted by Gasteiger charge is 2.56. The molecule has 1 saturated heterocycles. The molecule has 2 aliphatic heterocycles. The van der Waals surface area contributed by atoms with Crippen LogP contribution in [-0.2, 0) is 9.59 Å². The van der Waals surface area contributed by atoms with Crippen LogP contribution in [0, 0.1) is 5.92 Å². The second kappa shape index (κ2) is 7.45. The SMILES string of the molecule is CCOc1ccc(N2C(=O)[C@H]3[C@@H](c4ccccc4)c4sc(=O)[nH]c4S[C@H]3C2=O)cc1. The molecular formula is C22H18N2O4S2. The first-order chi connectivity index (χ1) is 14.6. The van der Waals surface area contributed by atoms with Crippen LogP contribution >= 0.6 is 23.1 Å². The molecule has 3 heterocycles. The summed E-state index contributed by atoms with van der Waals surface area (Å²) in [5.74, 6) is -0.690. The van der Waals surface area contributed by atoms with E-state index in [2.05, 4.69) is 4.98 Å². The Kier molecular flexibility index (Phi) is 4.75. The third-order valence-corrected chi connectivity index (χ3v) is 7.79. The van der Waals surface area contributed by atoms with Gasteiger partial charge in [0.05, 0.1) is 23.2 Å². The van der Waals surface area contributed by atoms with E-state index in [4.69, 9.17) is 4.74 Å². The molecule has 1 fully saturated rings. The molecule has 0 radical (unpaired) electrons. The number of hydrogen-bond acceptors (Lipinski definition) is 6. The van der Waals surface area contributed by atoms with Gasteiger partial charge in [0.2, 0.25) is 11.8 Å². The van der Waals surface area contributed by atoms with Crippen LogP contribution in [0.2, 0.25) is 0 Å². The fraction of sp³-hybridized carbons (Fsp3) is 0.227. The van der Waals surface area contributed by atoms with Gasteiger partial charge in [0, 0.05) is 10.8 Å². The Morgan fingerprint density at radius 1 is 1.00 bits per heavy atom. The fourth-order valence-corrected chi connectivity index (χ4v) is 6.66. The van der Waals surface area contributed by atoms with Crippen molar-refractivity contribution in [1.82, 2.24) is 4.98 Å². The standard InChI is InChI=1S/C22H18N2O4S2/c1-2-28-14-10-8-13(9-11-14)24-20(25)16-15(12-6-4-3-5-7-12)17-19(23-22(27)30-17)29-18(16)21(24)26/h3-11,15-16,18H,2H2,1H3,(H,23,27)/t15-,16+,18-/m1/s1. The van der Waals surface area contributed by atoms with Crippen molar-refractivity contribution >= 4 is 40.6 Å². The lowest BCUT2D eigenvalue weighted by Crippen LogP contribution is -2.32. The number of ether oxygens (including phenoxy) is 1. The zero-order valence-corrected chi connectivity index (χ0v) is 17.7. The highest BCUT2D eigenvalue weighted by molar-refractivity contribution is 8.00. The molecule has 6 nitrogen and oxygen atoms in total. The van der Waals surface area contributed by atoms with E-state index in [1.54, 1.807) is 24.3 Å². The Morgan fingerprint density at radius 2 is 1.73 bits per heavy atom. The summed E-state index contributed by atoms with van der Waals surface area (Å²) in [7, 11) is 0. The quantitative estimate of drug-likeness (QED) is 0.630. The van der Waals surface area contributed by atoms with E-state index in [1.165, 1.54) is 16.7 Å². The summed E-state index contributed by atoms with van der Waals surface area (Å²) in [5.41, 5.74) is 1.46. The molecule has 0 bridgehead atoms. The number of aromatic amines is 1. The normalized spacial score (nSPS) is 22.7. The average Bonchev–Trinajstić information content (AvgIpc) is 3.24. The number of hydrogen-bond donors (Lipinski definition) is 1.